The average Bonchev–Trinajstić information content (AvgIpc) is 3.00. The number of amides is 1. The van der Waals surface area contributed by atoms with Crippen molar-refractivity contribution in [1.29, 1.82) is 0 Å². The summed E-state index contributed by atoms with van der Waals surface area (Å²) in [6.45, 7) is 4.88. The van der Waals surface area contributed by atoms with Crippen molar-refractivity contribution in [2.24, 2.45) is 0 Å². The Kier molecular flexibility index (Phi) is 5.06. The summed E-state index contributed by atoms with van der Waals surface area (Å²) < 4.78 is 1.23. The third-order valence-electron chi connectivity index (χ3n) is 5.81. The van der Waals surface area contributed by atoms with E-state index >= 15 is 0 Å². The van der Waals surface area contributed by atoms with Crippen LogP contribution in [0.4, 0.5) is 0 Å². The summed E-state index contributed by atoms with van der Waals surface area (Å²) in [6.07, 6.45) is 0.354. The first-order valence-electron chi connectivity index (χ1n) is 10.0. The number of benzene rings is 1. The van der Waals surface area contributed by atoms with E-state index in [4.69, 9.17) is 0 Å². The number of nitrogens with one attached hydrogen (secondary N) is 2. The molecule has 10 nitrogen and oxygen atoms in total. The molecule has 31 heavy (non-hydrogen) atoms. The minimum atomic E-state index is -1.49. The number of rotatable bonds is 2. The number of aromatic nitrogens is 4. The molecule has 0 saturated carbocycles. The maximum absolute atomic E-state index is 13.3. The van der Waals surface area contributed by atoms with Crippen molar-refractivity contribution in [2.45, 2.75) is 44.9 Å². The fraction of sp³-hybridized carbons (Fsp3) is 0.429. The molecule has 1 amide bonds. The molecule has 2 aromatic heterocycles. The van der Waals surface area contributed by atoms with Crippen LogP contribution in [0.5, 0.6) is 0 Å². The number of carbonyl (C=O) groups is 1. The molecule has 1 aliphatic rings. The van der Waals surface area contributed by atoms with E-state index in [9.17, 15) is 24.6 Å². The van der Waals surface area contributed by atoms with Gasteiger partial charge in [-0.1, -0.05) is 0 Å². The lowest BCUT2D eigenvalue weighted by Gasteiger charge is -2.34. The predicted molar refractivity (Wildman–Crippen MR) is 113 cm³/mol. The first kappa shape index (κ1) is 21.0. The molecule has 1 saturated heterocycles. The number of aliphatic hydroxyl groups excluding tert-OH is 1. The monoisotopic (exact) mass is 427 g/mol. The van der Waals surface area contributed by atoms with Crippen molar-refractivity contribution in [3.05, 3.63) is 62.2 Å². The molecule has 0 bridgehead atoms. The average molecular weight is 427 g/mol. The SMILES string of the molecule is Cc1nc2ccc(C(=O)N3C[C@H](O)C[C@](C)(O)[C@@H](n4cc(C)c(=O)[nH]c4=O)C3)cc2[nH]1. The number of fused-ring (bicyclic) bond motifs is 1. The highest BCUT2D eigenvalue weighted by atomic mass is 16.3. The molecular formula is C21H25N5O5. The van der Waals surface area contributed by atoms with Gasteiger partial charge in [0.1, 0.15) is 5.82 Å². The summed E-state index contributed by atoms with van der Waals surface area (Å²) in [6, 6.07) is 4.23. The van der Waals surface area contributed by atoms with Crippen LogP contribution in [-0.4, -0.2) is 65.3 Å². The smallest absolute Gasteiger partial charge is 0.328 e. The van der Waals surface area contributed by atoms with Gasteiger partial charge in [0.15, 0.2) is 0 Å². The summed E-state index contributed by atoms with van der Waals surface area (Å²) in [5.41, 5.74) is -0.528. The molecule has 4 rings (SSSR count). The standard InChI is InChI=1S/C21H25N5O5/c1-11-8-26(20(30)24-18(11)28)17-10-25(9-14(27)7-21(17,3)31)19(29)13-4-5-15-16(6-13)23-12(2)22-15/h4-6,8,14,17,27,31H,7,9-10H2,1-3H3,(H,22,23)(H,24,28,30)/t14-,17+,21+/m1/s1. The number of H-pyrrole nitrogens is 2. The van der Waals surface area contributed by atoms with Gasteiger partial charge < -0.3 is 20.1 Å². The lowest BCUT2D eigenvalue weighted by atomic mass is 9.91. The van der Waals surface area contributed by atoms with Crippen molar-refractivity contribution < 1.29 is 15.0 Å². The van der Waals surface area contributed by atoms with E-state index in [1.54, 1.807) is 25.1 Å². The van der Waals surface area contributed by atoms with Gasteiger partial charge in [0, 0.05) is 36.8 Å². The molecule has 0 radical (unpaired) electrons. The number of hydrogen-bond donors (Lipinski definition) is 4. The number of nitrogens with zero attached hydrogens (tertiary/aromatic N) is 3. The Labute approximate surface area is 177 Å². The summed E-state index contributed by atoms with van der Waals surface area (Å²) in [5.74, 6) is 0.388. The van der Waals surface area contributed by atoms with Crippen LogP contribution in [-0.2, 0) is 0 Å². The molecule has 10 heteroatoms. The number of carbonyl (C=O) groups excluding carboxylic acids is 1. The van der Waals surface area contributed by atoms with Gasteiger partial charge in [0.05, 0.1) is 28.8 Å². The molecule has 0 unspecified atom stereocenters. The topological polar surface area (TPSA) is 144 Å². The van der Waals surface area contributed by atoms with Crippen molar-refractivity contribution in [2.75, 3.05) is 13.1 Å². The number of hydrogen-bond acceptors (Lipinski definition) is 6. The maximum Gasteiger partial charge on any atom is 0.328 e. The lowest BCUT2D eigenvalue weighted by molar-refractivity contribution is -0.0240. The fourth-order valence-electron chi connectivity index (χ4n) is 4.24. The largest absolute Gasteiger partial charge is 0.391 e. The highest BCUT2D eigenvalue weighted by Crippen LogP contribution is 2.31. The van der Waals surface area contributed by atoms with E-state index in [1.807, 2.05) is 6.92 Å². The zero-order chi connectivity index (χ0) is 22.5. The molecule has 1 fully saturated rings. The van der Waals surface area contributed by atoms with Crippen LogP contribution in [0.1, 0.15) is 41.1 Å². The number of aryl methyl sites for hydroxylation is 2. The van der Waals surface area contributed by atoms with E-state index in [0.717, 1.165) is 16.9 Å². The van der Waals surface area contributed by atoms with Crippen LogP contribution in [0.3, 0.4) is 0 Å². The summed E-state index contributed by atoms with van der Waals surface area (Å²) >= 11 is 0. The molecule has 0 aliphatic carbocycles. The first-order chi connectivity index (χ1) is 14.5. The molecule has 4 N–H and O–H groups in total. The van der Waals surface area contributed by atoms with Crippen molar-refractivity contribution in [3.63, 3.8) is 0 Å². The van der Waals surface area contributed by atoms with Gasteiger partial charge in [-0.2, -0.15) is 0 Å². The molecule has 1 aliphatic heterocycles. The second kappa shape index (κ2) is 7.47. The zero-order valence-electron chi connectivity index (χ0n) is 17.5. The van der Waals surface area contributed by atoms with Gasteiger partial charge in [-0.05, 0) is 39.0 Å². The molecular weight excluding hydrogens is 402 g/mol. The van der Waals surface area contributed by atoms with E-state index < -0.39 is 29.0 Å². The lowest BCUT2D eigenvalue weighted by Crippen LogP contribution is -2.47. The Morgan fingerprint density at radius 3 is 2.71 bits per heavy atom. The van der Waals surface area contributed by atoms with Crippen LogP contribution in [0, 0.1) is 13.8 Å². The molecule has 164 valence electrons. The Hall–Kier alpha value is -3.24. The normalized spacial score (nSPS) is 24.4. The van der Waals surface area contributed by atoms with Crippen LogP contribution < -0.4 is 11.2 Å². The first-order valence-corrected chi connectivity index (χ1v) is 10.0. The van der Waals surface area contributed by atoms with Crippen LogP contribution in [0.15, 0.2) is 34.0 Å². The highest BCUT2D eigenvalue weighted by Gasteiger charge is 2.42. The van der Waals surface area contributed by atoms with Gasteiger partial charge in [-0.15, -0.1) is 0 Å². The van der Waals surface area contributed by atoms with Gasteiger partial charge in [0.25, 0.3) is 11.5 Å². The number of β-amino-alcohol motifs (C(OH)–C–C–N with tert-alkyl or cyclic N) is 1. The second-order valence-corrected chi connectivity index (χ2v) is 8.47. The van der Waals surface area contributed by atoms with E-state index in [2.05, 4.69) is 15.0 Å². The molecule has 0 spiro atoms. The summed E-state index contributed by atoms with van der Waals surface area (Å²) in [5, 5.41) is 21.6. The summed E-state index contributed by atoms with van der Waals surface area (Å²) in [4.78, 5) is 48.6. The Balaban J connectivity index is 1.74. The van der Waals surface area contributed by atoms with Gasteiger partial charge >= 0.3 is 5.69 Å². The third kappa shape index (κ3) is 3.91. The van der Waals surface area contributed by atoms with Crippen molar-refractivity contribution >= 4 is 16.9 Å². The fourth-order valence-corrected chi connectivity index (χ4v) is 4.24. The van der Waals surface area contributed by atoms with Crippen LogP contribution in [0.25, 0.3) is 11.0 Å². The maximum atomic E-state index is 13.3. The van der Waals surface area contributed by atoms with E-state index in [-0.39, 0.29) is 25.4 Å². The van der Waals surface area contributed by atoms with Gasteiger partial charge in [0.2, 0.25) is 0 Å². The molecule has 3 aromatic rings. The second-order valence-electron chi connectivity index (χ2n) is 8.47. The minimum Gasteiger partial charge on any atom is -0.391 e. The van der Waals surface area contributed by atoms with Crippen molar-refractivity contribution in [3.8, 4) is 0 Å². The number of likely N-dealkylation sites (tertiary alicyclic amines) is 1. The predicted octanol–water partition coefficient (Wildman–Crippen LogP) is 0.229. The number of aliphatic hydroxyl groups is 2. The van der Waals surface area contributed by atoms with Crippen molar-refractivity contribution in [1.82, 2.24) is 24.4 Å². The Bertz CT molecular complexity index is 1270. The van der Waals surface area contributed by atoms with Gasteiger partial charge in [-0.25, -0.2) is 9.78 Å². The molecule has 3 atom stereocenters. The quantitative estimate of drug-likeness (QED) is 0.461. The molecule has 3 heterocycles. The van der Waals surface area contributed by atoms with E-state index in [1.165, 1.54) is 22.6 Å². The minimum absolute atomic E-state index is 0.00259. The Morgan fingerprint density at radius 1 is 1.23 bits per heavy atom. The van der Waals surface area contributed by atoms with E-state index in [0.29, 0.717) is 11.1 Å². The Morgan fingerprint density at radius 2 is 1.97 bits per heavy atom. The number of imidazole rings is 1. The highest BCUT2D eigenvalue weighted by molar-refractivity contribution is 5.97. The zero-order valence-corrected chi connectivity index (χ0v) is 17.5. The number of aromatic amines is 2. The van der Waals surface area contributed by atoms with Gasteiger partial charge in [-0.3, -0.25) is 19.1 Å². The molecule has 1 aromatic carbocycles. The van der Waals surface area contributed by atoms with Crippen LogP contribution >= 0.6 is 0 Å². The summed E-state index contributed by atoms with van der Waals surface area (Å²) in [7, 11) is 0. The third-order valence-corrected chi connectivity index (χ3v) is 5.81. The van der Waals surface area contributed by atoms with Crippen LogP contribution in [0.2, 0.25) is 0 Å².